The van der Waals surface area contributed by atoms with Gasteiger partial charge in [-0.05, 0) is 113 Å². The SMILES string of the molecule is N#Cc1cc(C#N)cc(-c2ccc3c(c2)c2ccccc2n3-c2cc(C#N)ccc2-c2ccc(-c3nc(-c4ccccc4)nc(-c4ccccc4)n3)cc2-n2c3ccccc3c3cc(-c4cc(C#N)cc(C#N)c4)ccc32)c1. The van der Waals surface area contributed by atoms with Crippen LogP contribution in [0.1, 0.15) is 27.8 Å². The molecule has 13 aromatic rings. The van der Waals surface area contributed by atoms with Gasteiger partial charge in [0.25, 0.3) is 0 Å². The zero-order valence-electron chi connectivity index (χ0n) is 41.3. The molecule has 13 rings (SSSR count). The lowest BCUT2D eigenvalue weighted by molar-refractivity contribution is 1.07. The Morgan fingerprint density at radius 3 is 1.08 bits per heavy atom. The molecule has 10 aromatic carbocycles. The van der Waals surface area contributed by atoms with Crippen LogP contribution in [0.2, 0.25) is 0 Å². The second-order valence-electron chi connectivity index (χ2n) is 18.8. The summed E-state index contributed by atoms with van der Waals surface area (Å²) in [6, 6.07) is 82.4. The summed E-state index contributed by atoms with van der Waals surface area (Å²) in [5.74, 6) is 1.54. The van der Waals surface area contributed by atoms with Gasteiger partial charge in [-0.15, -0.1) is 0 Å². The van der Waals surface area contributed by atoms with E-state index < -0.39 is 0 Å². The lowest BCUT2D eigenvalue weighted by Gasteiger charge is -2.20. The summed E-state index contributed by atoms with van der Waals surface area (Å²) in [6.45, 7) is 0. The van der Waals surface area contributed by atoms with E-state index in [-0.39, 0.29) is 0 Å². The topological polar surface area (TPSA) is 167 Å². The van der Waals surface area contributed by atoms with Crippen LogP contribution in [0.4, 0.5) is 0 Å². The smallest absolute Gasteiger partial charge is 0.164 e. The number of fused-ring (bicyclic) bond motifs is 6. The highest BCUT2D eigenvalue weighted by molar-refractivity contribution is 6.13. The summed E-state index contributed by atoms with van der Waals surface area (Å²) < 4.78 is 4.48. The second-order valence-corrected chi connectivity index (χ2v) is 18.8. The van der Waals surface area contributed by atoms with E-state index in [4.69, 9.17) is 15.0 Å². The van der Waals surface area contributed by atoms with Crippen LogP contribution >= 0.6 is 0 Å². The zero-order valence-corrected chi connectivity index (χ0v) is 41.3. The molecule has 0 aliphatic rings. The minimum absolute atomic E-state index is 0.401. The Kier molecular flexibility index (Phi) is 11.2. The lowest BCUT2D eigenvalue weighted by Crippen LogP contribution is -2.04. The quantitative estimate of drug-likeness (QED) is 0.145. The van der Waals surface area contributed by atoms with Crippen LogP contribution in [0.3, 0.4) is 0 Å². The first-order chi connectivity index (χ1) is 38.4. The molecule has 10 heteroatoms. The molecule has 0 aliphatic carbocycles. The first kappa shape index (κ1) is 46.1. The average molecular weight is 993 g/mol. The predicted molar refractivity (Wildman–Crippen MR) is 305 cm³/mol. The van der Waals surface area contributed by atoms with E-state index in [0.29, 0.717) is 45.3 Å². The van der Waals surface area contributed by atoms with Crippen LogP contribution < -0.4 is 0 Å². The fourth-order valence-corrected chi connectivity index (χ4v) is 10.7. The third-order valence-electron chi connectivity index (χ3n) is 14.2. The molecule has 0 unspecified atom stereocenters. The van der Waals surface area contributed by atoms with Gasteiger partial charge in [0.1, 0.15) is 0 Å². The number of nitriles is 5. The molecule has 0 bridgehead atoms. The van der Waals surface area contributed by atoms with Gasteiger partial charge in [-0.25, -0.2) is 15.0 Å². The molecule has 3 heterocycles. The maximum atomic E-state index is 10.6. The summed E-state index contributed by atoms with van der Waals surface area (Å²) >= 11 is 0. The Morgan fingerprint density at radius 1 is 0.256 bits per heavy atom. The van der Waals surface area contributed by atoms with Crippen LogP contribution in [0.25, 0.3) is 123 Å². The van der Waals surface area contributed by atoms with Crippen LogP contribution in [-0.4, -0.2) is 24.1 Å². The molecule has 0 spiro atoms. The fourth-order valence-electron chi connectivity index (χ4n) is 10.7. The second kappa shape index (κ2) is 18.9. The monoisotopic (exact) mass is 992 g/mol. The lowest BCUT2D eigenvalue weighted by atomic mass is 9.97. The van der Waals surface area contributed by atoms with Gasteiger partial charge in [-0.3, -0.25) is 0 Å². The molecule has 3 aromatic heterocycles. The number of nitrogens with zero attached hydrogens (tertiary/aromatic N) is 10. The van der Waals surface area contributed by atoms with Crippen molar-refractivity contribution in [3.8, 4) is 109 Å². The summed E-state index contributed by atoms with van der Waals surface area (Å²) in [5, 5.41) is 54.1. The highest BCUT2D eigenvalue weighted by atomic mass is 15.0. The predicted octanol–water partition coefficient (Wildman–Crippen LogP) is 15.4. The summed E-state index contributed by atoms with van der Waals surface area (Å²) in [7, 11) is 0. The molecule has 0 fully saturated rings. The Labute approximate surface area is 447 Å². The molecule has 0 N–H and O–H groups in total. The Balaban J connectivity index is 1.09. The molecule has 0 amide bonds. The Bertz CT molecular complexity index is 4740. The van der Waals surface area contributed by atoms with E-state index in [1.54, 1.807) is 24.3 Å². The largest absolute Gasteiger partial charge is 0.309 e. The van der Waals surface area contributed by atoms with E-state index in [0.717, 1.165) is 105 Å². The fraction of sp³-hybridized carbons (Fsp3) is 0. The van der Waals surface area contributed by atoms with Crippen LogP contribution in [0.15, 0.2) is 218 Å². The van der Waals surface area contributed by atoms with Crippen LogP contribution in [0.5, 0.6) is 0 Å². The molecule has 10 nitrogen and oxygen atoms in total. The number of rotatable bonds is 8. The van der Waals surface area contributed by atoms with Crippen LogP contribution in [-0.2, 0) is 0 Å². The number of aromatic nitrogens is 5. The van der Waals surface area contributed by atoms with Crippen molar-refractivity contribution in [2.24, 2.45) is 0 Å². The first-order valence-corrected chi connectivity index (χ1v) is 24.9. The third kappa shape index (κ3) is 7.91. The maximum absolute atomic E-state index is 10.6. The van der Waals surface area contributed by atoms with Crippen molar-refractivity contribution in [3.63, 3.8) is 0 Å². The number of hydrogen-bond donors (Lipinski definition) is 0. The van der Waals surface area contributed by atoms with Gasteiger partial charge in [0.2, 0.25) is 0 Å². The highest BCUT2D eigenvalue weighted by Crippen LogP contribution is 2.44. The zero-order chi connectivity index (χ0) is 52.9. The van der Waals surface area contributed by atoms with Gasteiger partial charge in [0.05, 0.1) is 91.6 Å². The summed E-state index contributed by atoms with van der Waals surface area (Å²) in [5.41, 5.74) is 14.6. The first-order valence-electron chi connectivity index (χ1n) is 24.9. The van der Waals surface area contributed by atoms with Crippen molar-refractivity contribution in [3.05, 3.63) is 246 Å². The number of hydrogen-bond acceptors (Lipinski definition) is 8. The normalized spacial score (nSPS) is 11.0. The summed E-state index contributed by atoms with van der Waals surface area (Å²) in [4.78, 5) is 15.3. The van der Waals surface area contributed by atoms with Crippen molar-refractivity contribution >= 4 is 43.6 Å². The maximum Gasteiger partial charge on any atom is 0.164 e. The van der Waals surface area contributed by atoms with Gasteiger partial charge in [0, 0.05) is 49.4 Å². The van der Waals surface area contributed by atoms with E-state index in [1.165, 1.54) is 0 Å². The molecular formula is C68H36N10. The van der Waals surface area contributed by atoms with Gasteiger partial charge in [-0.2, -0.15) is 26.3 Å². The summed E-state index contributed by atoms with van der Waals surface area (Å²) in [6.07, 6.45) is 0. The molecule has 0 radical (unpaired) electrons. The van der Waals surface area contributed by atoms with Crippen molar-refractivity contribution in [1.29, 1.82) is 26.3 Å². The molecule has 0 atom stereocenters. The molecule has 78 heavy (non-hydrogen) atoms. The Hall–Kier alpha value is -11.7. The highest BCUT2D eigenvalue weighted by Gasteiger charge is 2.24. The van der Waals surface area contributed by atoms with E-state index in [2.05, 4.69) is 100 Å². The standard InChI is InChI=1S/C68H36N10/c69-37-42-19-23-56(64(33-42)77-60-17-9-7-15-54(60)58-34-49(21-25-62(58)77)52-29-43(38-70)27-44(30-52)39-71)57-24-20-51(68-75-66(47-11-3-1-4-12-47)74-67(76-68)48-13-5-2-6-14-48)36-65(57)78-61-18-10-8-16-55(61)59-35-50(22-26-63(59)78)53-31-45(40-72)28-46(32-53)41-73/h1-36H. The van der Waals surface area contributed by atoms with E-state index >= 15 is 0 Å². The average Bonchev–Trinajstić information content (AvgIpc) is 4.26. The van der Waals surface area contributed by atoms with Crippen LogP contribution in [0, 0.1) is 56.7 Å². The molecule has 0 saturated carbocycles. The van der Waals surface area contributed by atoms with E-state index in [9.17, 15) is 26.3 Å². The number of para-hydroxylation sites is 2. The van der Waals surface area contributed by atoms with Crippen molar-refractivity contribution in [2.45, 2.75) is 0 Å². The van der Waals surface area contributed by atoms with Crippen molar-refractivity contribution in [2.75, 3.05) is 0 Å². The number of benzene rings is 10. The van der Waals surface area contributed by atoms with Crippen molar-refractivity contribution < 1.29 is 0 Å². The molecule has 358 valence electrons. The minimum atomic E-state index is 0.401. The third-order valence-corrected chi connectivity index (χ3v) is 14.2. The molecule has 0 aliphatic heterocycles. The van der Waals surface area contributed by atoms with Gasteiger partial charge in [0.15, 0.2) is 17.5 Å². The molecule has 0 saturated heterocycles. The van der Waals surface area contributed by atoms with Crippen molar-refractivity contribution in [1.82, 2.24) is 24.1 Å². The van der Waals surface area contributed by atoms with E-state index in [1.807, 2.05) is 133 Å². The van der Waals surface area contributed by atoms with Gasteiger partial charge < -0.3 is 9.13 Å². The van der Waals surface area contributed by atoms with Gasteiger partial charge >= 0.3 is 0 Å². The Morgan fingerprint density at radius 2 is 0.628 bits per heavy atom. The molecular weight excluding hydrogens is 957 g/mol. The van der Waals surface area contributed by atoms with Gasteiger partial charge in [-0.1, -0.05) is 127 Å². The minimum Gasteiger partial charge on any atom is -0.309 e.